The molecule has 120 valence electrons. The second kappa shape index (κ2) is 8.85. The van der Waals surface area contributed by atoms with E-state index in [9.17, 15) is 0 Å². The van der Waals surface area contributed by atoms with Gasteiger partial charge in [-0.1, -0.05) is 27.7 Å². The lowest BCUT2D eigenvalue weighted by Crippen LogP contribution is -2.20. The number of aromatic nitrogens is 2. The van der Waals surface area contributed by atoms with Gasteiger partial charge in [0.1, 0.15) is 17.5 Å². The minimum Gasteiger partial charge on any atom is -0.370 e. The summed E-state index contributed by atoms with van der Waals surface area (Å²) >= 11 is 0. The predicted octanol–water partition coefficient (Wildman–Crippen LogP) is 4.41. The first-order valence-corrected chi connectivity index (χ1v) is 8.35. The molecule has 1 unspecified atom stereocenters. The van der Waals surface area contributed by atoms with Crippen molar-refractivity contribution < 1.29 is 0 Å². The summed E-state index contributed by atoms with van der Waals surface area (Å²) in [7, 11) is 0. The second-order valence-electron chi connectivity index (χ2n) is 6.31. The van der Waals surface area contributed by atoms with Gasteiger partial charge >= 0.3 is 0 Å². The summed E-state index contributed by atoms with van der Waals surface area (Å²) in [6.45, 7) is 14.1. The van der Waals surface area contributed by atoms with Gasteiger partial charge in [0.05, 0.1) is 0 Å². The lowest BCUT2D eigenvalue weighted by Gasteiger charge is -2.20. The number of nitrogens with one attached hydrogen (secondary N) is 2. The highest BCUT2D eigenvalue weighted by molar-refractivity contribution is 5.57. The summed E-state index contributed by atoms with van der Waals surface area (Å²) in [5, 5.41) is 6.99. The van der Waals surface area contributed by atoms with Crippen molar-refractivity contribution in [1.29, 1.82) is 0 Å². The molecule has 0 saturated heterocycles. The van der Waals surface area contributed by atoms with Crippen LogP contribution in [0.4, 0.5) is 11.6 Å². The van der Waals surface area contributed by atoms with Crippen LogP contribution in [0.5, 0.6) is 0 Å². The standard InChI is InChI=1S/C17H32N4/c1-7-9-15-20-16(18-10-8-2)14(6)17(21-15)19-13(5)11-12(3)4/h12-13H,7-11H2,1-6H3,(H2,18,19,20,21). The van der Waals surface area contributed by atoms with Crippen molar-refractivity contribution in [3.05, 3.63) is 11.4 Å². The molecule has 4 nitrogen and oxygen atoms in total. The number of anilines is 2. The summed E-state index contributed by atoms with van der Waals surface area (Å²) in [5.41, 5.74) is 1.12. The van der Waals surface area contributed by atoms with Crippen molar-refractivity contribution in [2.45, 2.75) is 73.3 Å². The van der Waals surface area contributed by atoms with Gasteiger partial charge in [-0.25, -0.2) is 9.97 Å². The Kier molecular flexibility index (Phi) is 7.48. The lowest BCUT2D eigenvalue weighted by atomic mass is 10.1. The molecule has 0 spiro atoms. The quantitative estimate of drug-likeness (QED) is 0.708. The third-order valence-electron chi connectivity index (χ3n) is 3.42. The zero-order valence-corrected chi connectivity index (χ0v) is 14.6. The molecular weight excluding hydrogens is 260 g/mol. The van der Waals surface area contributed by atoms with E-state index < -0.39 is 0 Å². The molecule has 2 N–H and O–H groups in total. The summed E-state index contributed by atoms with van der Waals surface area (Å²) in [6, 6.07) is 0.423. The Labute approximate surface area is 130 Å². The van der Waals surface area contributed by atoms with Gasteiger partial charge < -0.3 is 10.6 Å². The molecule has 21 heavy (non-hydrogen) atoms. The molecule has 0 radical (unpaired) electrons. The largest absolute Gasteiger partial charge is 0.370 e. The molecule has 1 heterocycles. The van der Waals surface area contributed by atoms with Gasteiger partial charge in [0, 0.05) is 24.6 Å². The van der Waals surface area contributed by atoms with Crippen LogP contribution >= 0.6 is 0 Å². The van der Waals surface area contributed by atoms with E-state index >= 15 is 0 Å². The molecule has 0 amide bonds. The number of rotatable bonds is 9. The first-order valence-electron chi connectivity index (χ1n) is 8.35. The van der Waals surface area contributed by atoms with Crippen LogP contribution < -0.4 is 10.6 Å². The van der Waals surface area contributed by atoms with Crippen molar-refractivity contribution in [2.75, 3.05) is 17.2 Å². The van der Waals surface area contributed by atoms with Crippen molar-refractivity contribution in [1.82, 2.24) is 9.97 Å². The Morgan fingerprint density at radius 2 is 1.67 bits per heavy atom. The highest BCUT2D eigenvalue weighted by atomic mass is 15.1. The van der Waals surface area contributed by atoms with E-state index in [1.807, 2.05) is 0 Å². The number of aryl methyl sites for hydroxylation is 1. The number of hydrogen-bond donors (Lipinski definition) is 2. The summed E-state index contributed by atoms with van der Waals surface area (Å²) in [4.78, 5) is 9.38. The van der Waals surface area contributed by atoms with Gasteiger partial charge in [0.25, 0.3) is 0 Å². The molecule has 4 heteroatoms. The topological polar surface area (TPSA) is 49.8 Å². The minimum absolute atomic E-state index is 0.423. The molecule has 0 aliphatic carbocycles. The molecule has 0 aliphatic rings. The summed E-state index contributed by atoms with van der Waals surface area (Å²) in [5.74, 6) is 3.58. The van der Waals surface area contributed by atoms with Gasteiger partial charge in [0.2, 0.25) is 0 Å². The van der Waals surface area contributed by atoms with E-state index in [4.69, 9.17) is 4.98 Å². The van der Waals surface area contributed by atoms with Gasteiger partial charge in [-0.15, -0.1) is 0 Å². The average Bonchev–Trinajstić information content (AvgIpc) is 2.40. The van der Waals surface area contributed by atoms with Crippen LogP contribution in [-0.4, -0.2) is 22.6 Å². The van der Waals surface area contributed by atoms with Crippen LogP contribution in [0.2, 0.25) is 0 Å². The maximum atomic E-state index is 4.72. The molecule has 0 saturated carbocycles. The Bertz CT molecular complexity index is 429. The van der Waals surface area contributed by atoms with Gasteiger partial charge in [-0.05, 0) is 39.0 Å². The van der Waals surface area contributed by atoms with Crippen LogP contribution in [0.1, 0.15) is 65.3 Å². The lowest BCUT2D eigenvalue weighted by molar-refractivity contribution is 0.538. The fourth-order valence-corrected chi connectivity index (χ4v) is 2.45. The van der Waals surface area contributed by atoms with Gasteiger partial charge in [0.15, 0.2) is 0 Å². The predicted molar refractivity (Wildman–Crippen MR) is 92.1 cm³/mol. The highest BCUT2D eigenvalue weighted by Crippen LogP contribution is 2.22. The first-order chi connectivity index (χ1) is 9.97. The van der Waals surface area contributed by atoms with E-state index in [1.54, 1.807) is 0 Å². The van der Waals surface area contributed by atoms with E-state index in [0.717, 1.165) is 55.3 Å². The molecule has 1 aromatic heterocycles. The fourth-order valence-electron chi connectivity index (χ4n) is 2.45. The zero-order chi connectivity index (χ0) is 15.8. The molecule has 0 fully saturated rings. The molecular formula is C17H32N4. The van der Waals surface area contributed by atoms with E-state index in [1.165, 1.54) is 0 Å². The van der Waals surface area contributed by atoms with Crippen molar-refractivity contribution in [3.63, 3.8) is 0 Å². The number of hydrogen-bond acceptors (Lipinski definition) is 4. The SMILES string of the molecule is CCCNc1nc(CCC)nc(NC(C)CC(C)C)c1C. The van der Waals surface area contributed by atoms with Crippen LogP contribution in [0.25, 0.3) is 0 Å². The van der Waals surface area contributed by atoms with Crippen molar-refractivity contribution in [3.8, 4) is 0 Å². The number of nitrogens with zero attached hydrogens (tertiary/aromatic N) is 2. The third-order valence-corrected chi connectivity index (χ3v) is 3.42. The van der Waals surface area contributed by atoms with E-state index in [-0.39, 0.29) is 0 Å². The van der Waals surface area contributed by atoms with Crippen LogP contribution in [0.3, 0.4) is 0 Å². The zero-order valence-electron chi connectivity index (χ0n) is 14.6. The fraction of sp³-hybridized carbons (Fsp3) is 0.765. The Balaban J connectivity index is 2.96. The Morgan fingerprint density at radius 1 is 1.00 bits per heavy atom. The molecule has 1 atom stereocenters. The maximum Gasteiger partial charge on any atom is 0.134 e. The highest BCUT2D eigenvalue weighted by Gasteiger charge is 2.13. The smallest absolute Gasteiger partial charge is 0.134 e. The molecule has 0 aromatic carbocycles. The molecule has 1 aromatic rings. The van der Waals surface area contributed by atoms with Crippen molar-refractivity contribution >= 4 is 11.6 Å². The van der Waals surface area contributed by atoms with Crippen molar-refractivity contribution in [2.24, 2.45) is 5.92 Å². The third kappa shape index (κ3) is 5.90. The maximum absolute atomic E-state index is 4.72. The molecule has 0 aliphatic heterocycles. The van der Waals surface area contributed by atoms with E-state index in [0.29, 0.717) is 12.0 Å². The molecule has 1 rings (SSSR count). The minimum atomic E-state index is 0.423. The molecule has 0 bridgehead atoms. The Hall–Kier alpha value is -1.32. The van der Waals surface area contributed by atoms with Gasteiger partial charge in [-0.2, -0.15) is 0 Å². The summed E-state index contributed by atoms with van der Waals surface area (Å²) in [6.07, 6.45) is 4.23. The first kappa shape index (κ1) is 17.7. The van der Waals surface area contributed by atoms with Crippen LogP contribution in [0, 0.1) is 12.8 Å². The summed E-state index contributed by atoms with van der Waals surface area (Å²) < 4.78 is 0. The van der Waals surface area contributed by atoms with Crippen LogP contribution in [-0.2, 0) is 6.42 Å². The van der Waals surface area contributed by atoms with E-state index in [2.05, 4.69) is 57.2 Å². The van der Waals surface area contributed by atoms with Crippen LogP contribution in [0.15, 0.2) is 0 Å². The Morgan fingerprint density at radius 3 is 2.24 bits per heavy atom. The normalized spacial score (nSPS) is 12.5. The second-order valence-corrected chi connectivity index (χ2v) is 6.31. The average molecular weight is 292 g/mol. The van der Waals surface area contributed by atoms with Gasteiger partial charge in [-0.3, -0.25) is 0 Å². The monoisotopic (exact) mass is 292 g/mol.